The summed E-state index contributed by atoms with van der Waals surface area (Å²) in [6, 6.07) is 14.6. The Balaban J connectivity index is 1.57. The number of carbonyl (C=O) groups is 2. The van der Waals surface area contributed by atoms with E-state index in [2.05, 4.69) is 10.6 Å². The summed E-state index contributed by atoms with van der Waals surface area (Å²) in [5.74, 6) is 0.827. The highest BCUT2D eigenvalue weighted by molar-refractivity contribution is 5.95. The first-order valence-corrected chi connectivity index (χ1v) is 7.98. The van der Waals surface area contributed by atoms with Crippen molar-refractivity contribution < 1.29 is 14.3 Å². The minimum Gasteiger partial charge on any atom is -0.496 e. The number of benzene rings is 2. The maximum absolute atomic E-state index is 12.2. The monoisotopic (exact) mass is 324 g/mol. The lowest BCUT2D eigenvalue weighted by Crippen LogP contribution is -2.15. The molecule has 24 heavy (non-hydrogen) atoms. The minimum atomic E-state index is -0.116. The summed E-state index contributed by atoms with van der Waals surface area (Å²) >= 11 is 0. The fraction of sp³-hybridized carbons (Fsp3) is 0.263. The van der Waals surface area contributed by atoms with Gasteiger partial charge in [0.1, 0.15) is 5.75 Å². The molecule has 1 saturated carbocycles. The highest BCUT2D eigenvalue weighted by atomic mass is 16.5. The first-order chi connectivity index (χ1) is 11.7. The number of para-hydroxylation sites is 1. The molecule has 0 saturated heterocycles. The Bertz CT molecular complexity index is 737. The summed E-state index contributed by atoms with van der Waals surface area (Å²) in [6.45, 7) is 0. The fourth-order valence-corrected chi connectivity index (χ4v) is 2.45. The van der Waals surface area contributed by atoms with Gasteiger partial charge in [0.25, 0.3) is 0 Å². The van der Waals surface area contributed by atoms with Crippen molar-refractivity contribution >= 4 is 23.2 Å². The molecule has 0 aliphatic heterocycles. The van der Waals surface area contributed by atoms with Crippen LogP contribution in [0.2, 0.25) is 0 Å². The van der Waals surface area contributed by atoms with Crippen LogP contribution in [0.5, 0.6) is 5.75 Å². The molecule has 5 nitrogen and oxygen atoms in total. The van der Waals surface area contributed by atoms with Crippen molar-refractivity contribution in [1.82, 2.24) is 0 Å². The van der Waals surface area contributed by atoms with Crippen LogP contribution in [0.4, 0.5) is 11.4 Å². The second kappa shape index (κ2) is 7.17. The third-order valence-corrected chi connectivity index (χ3v) is 3.93. The van der Waals surface area contributed by atoms with Crippen LogP contribution in [-0.2, 0) is 16.0 Å². The standard InChI is InChI=1S/C19H20N2O3/c1-24-17-5-3-2-4-14(17)12-18(22)20-15-8-10-16(11-9-15)21-19(23)13-6-7-13/h2-5,8-11,13H,6-7,12H2,1H3,(H,20,22)(H,21,23). The number of rotatable bonds is 6. The van der Waals surface area contributed by atoms with E-state index in [0.717, 1.165) is 24.1 Å². The van der Waals surface area contributed by atoms with Crippen molar-refractivity contribution in [3.8, 4) is 5.75 Å². The molecule has 1 aliphatic rings. The van der Waals surface area contributed by atoms with Gasteiger partial charge in [0.2, 0.25) is 11.8 Å². The number of carbonyl (C=O) groups excluding carboxylic acids is 2. The maximum Gasteiger partial charge on any atom is 0.228 e. The molecule has 1 fully saturated rings. The average molecular weight is 324 g/mol. The zero-order chi connectivity index (χ0) is 16.9. The number of nitrogens with one attached hydrogen (secondary N) is 2. The van der Waals surface area contributed by atoms with Crippen LogP contribution in [0.3, 0.4) is 0 Å². The first-order valence-electron chi connectivity index (χ1n) is 7.98. The zero-order valence-electron chi connectivity index (χ0n) is 13.5. The molecule has 2 aromatic rings. The van der Waals surface area contributed by atoms with Gasteiger partial charge in [-0.25, -0.2) is 0 Å². The van der Waals surface area contributed by atoms with E-state index in [1.165, 1.54) is 0 Å². The molecule has 0 radical (unpaired) electrons. The Labute approximate surface area is 141 Å². The van der Waals surface area contributed by atoms with Gasteiger partial charge in [-0.2, -0.15) is 0 Å². The SMILES string of the molecule is COc1ccccc1CC(=O)Nc1ccc(NC(=O)C2CC2)cc1. The predicted octanol–water partition coefficient (Wildman–Crippen LogP) is 3.22. The van der Waals surface area contributed by atoms with Crippen molar-refractivity contribution in [2.24, 2.45) is 5.92 Å². The lowest BCUT2D eigenvalue weighted by Gasteiger charge is -2.10. The molecule has 2 amide bonds. The molecule has 2 N–H and O–H groups in total. The Morgan fingerprint density at radius 1 is 1.00 bits per heavy atom. The van der Waals surface area contributed by atoms with E-state index in [-0.39, 0.29) is 24.2 Å². The van der Waals surface area contributed by atoms with Crippen LogP contribution in [0.15, 0.2) is 48.5 Å². The van der Waals surface area contributed by atoms with Gasteiger partial charge in [0.05, 0.1) is 13.5 Å². The molecule has 0 aromatic heterocycles. The Hall–Kier alpha value is -2.82. The van der Waals surface area contributed by atoms with Crippen LogP contribution in [0.25, 0.3) is 0 Å². The van der Waals surface area contributed by atoms with Crippen LogP contribution in [-0.4, -0.2) is 18.9 Å². The summed E-state index contributed by atoms with van der Waals surface area (Å²) in [5.41, 5.74) is 2.28. The Morgan fingerprint density at radius 2 is 1.62 bits per heavy atom. The van der Waals surface area contributed by atoms with Gasteiger partial charge in [-0.3, -0.25) is 9.59 Å². The van der Waals surface area contributed by atoms with Crippen molar-refractivity contribution in [2.45, 2.75) is 19.3 Å². The average Bonchev–Trinajstić information content (AvgIpc) is 3.42. The number of anilines is 2. The smallest absolute Gasteiger partial charge is 0.228 e. The number of hydrogen-bond acceptors (Lipinski definition) is 3. The summed E-state index contributed by atoms with van der Waals surface area (Å²) in [6.07, 6.45) is 2.19. The molecular formula is C19H20N2O3. The second-order valence-electron chi connectivity index (χ2n) is 5.88. The van der Waals surface area contributed by atoms with Crippen LogP contribution in [0.1, 0.15) is 18.4 Å². The molecule has 0 spiro atoms. The van der Waals surface area contributed by atoms with Gasteiger partial charge >= 0.3 is 0 Å². The molecule has 0 bridgehead atoms. The lowest BCUT2D eigenvalue weighted by molar-refractivity contribution is -0.117. The van der Waals surface area contributed by atoms with Crippen LogP contribution >= 0.6 is 0 Å². The summed E-state index contributed by atoms with van der Waals surface area (Å²) in [5, 5.41) is 5.72. The van der Waals surface area contributed by atoms with Gasteiger partial charge in [0.15, 0.2) is 0 Å². The van der Waals surface area contributed by atoms with Crippen molar-refractivity contribution in [1.29, 1.82) is 0 Å². The minimum absolute atomic E-state index is 0.0722. The highest BCUT2D eigenvalue weighted by Gasteiger charge is 2.29. The summed E-state index contributed by atoms with van der Waals surface area (Å²) in [4.78, 5) is 23.9. The van der Waals surface area contributed by atoms with Gasteiger partial charge in [-0.1, -0.05) is 18.2 Å². The van der Waals surface area contributed by atoms with E-state index in [9.17, 15) is 9.59 Å². The van der Waals surface area contributed by atoms with E-state index in [4.69, 9.17) is 4.74 Å². The van der Waals surface area contributed by atoms with Crippen molar-refractivity contribution in [3.05, 3.63) is 54.1 Å². The van der Waals surface area contributed by atoms with E-state index >= 15 is 0 Å². The first kappa shape index (κ1) is 16.1. The molecule has 5 heteroatoms. The molecule has 1 aliphatic carbocycles. The second-order valence-corrected chi connectivity index (χ2v) is 5.88. The predicted molar refractivity (Wildman–Crippen MR) is 93.1 cm³/mol. The van der Waals surface area contributed by atoms with Gasteiger partial charge in [0, 0.05) is 22.9 Å². The van der Waals surface area contributed by atoms with E-state index in [1.807, 2.05) is 24.3 Å². The van der Waals surface area contributed by atoms with E-state index < -0.39 is 0 Å². The fourth-order valence-electron chi connectivity index (χ4n) is 2.45. The van der Waals surface area contributed by atoms with Crippen LogP contribution in [0, 0.1) is 5.92 Å². The molecule has 2 aromatic carbocycles. The molecule has 124 valence electrons. The summed E-state index contributed by atoms with van der Waals surface area (Å²) in [7, 11) is 1.59. The van der Waals surface area contributed by atoms with Crippen LogP contribution < -0.4 is 15.4 Å². The molecular weight excluding hydrogens is 304 g/mol. The topological polar surface area (TPSA) is 67.4 Å². The van der Waals surface area contributed by atoms with Crippen molar-refractivity contribution in [3.63, 3.8) is 0 Å². The molecule has 3 rings (SSSR count). The maximum atomic E-state index is 12.2. The number of methoxy groups -OCH3 is 1. The zero-order valence-corrected chi connectivity index (χ0v) is 13.5. The molecule has 0 heterocycles. The quantitative estimate of drug-likeness (QED) is 0.857. The van der Waals surface area contributed by atoms with Crippen molar-refractivity contribution in [2.75, 3.05) is 17.7 Å². The van der Waals surface area contributed by atoms with Gasteiger partial charge in [-0.05, 0) is 43.2 Å². The highest BCUT2D eigenvalue weighted by Crippen LogP contribution is 2.30. The van der Waals surface area contributed by atoms with Gasteiger partial charge in [-0.15, -0.1) is 0 Å². The lowest BCUT2D eigenvalue weighted by atomic mass is 10.1. The Kier molecular flexibility index (Phi) is 4.79. The number of amides is 2. The number of hydrogen-bond donors (Lipinski definition) is 2. The van der Waals surface area contributed by atoms with E-state index in [0.29, 0.717) is 11.4 Å². The summed E-state index contributed by atoms with van der Waals surface area (Å²) < 4.78 is 5.25. The third kappa shape index (κ3) is 4.13. The number of ether oxygens (including phenoxy) is 1. The normalized spacial score (nSPS) is 13.2. The Morgan fingerprint density at radius 3 is 2.25 bits per heavy atom. The van der Waals surface area contributed by atoms with Gasteiger partial charge < -0.3 is 15.4 Å². The third-order valence-electron chi connectivity index (χ3n) is 3.93. The largest absolute Gasteiger partial charge is 0.496 e. The molecule has 0 unspecified atom stereocenters. The molecule has 0 atom stereocenters. The van der Waals surface area contributed by atoms with E-state index in [1.54, 1.807) is 31.4 Å².